The molecule has 126 valence electrons. The molecule has 0 amide bonds. The van der Waals surface area contributed by atoms with Crippen LogP contribution in [0.1, 0.15) is 12.5 Å². The number of halogens is 1. The molecule has 1 aromatic carbocycles. The van der Waals surface area contributed by atoms with Gasteiger partial charge in [0.2, 0.25) is 5.88 Å². The highest BCUT2D eigenvalue weighted by molar-refractivity contribution is 5.87. The number of benzene rings is 1. The molecule has 0 radical (unpaired) electrons. The molecular formula is C16H18FN5O2. The Balaban J connectivity index is 1.95. The van der Waals surface area contributed by atoms with Crippen LogP contribution in [0.4, 0.5) is 10.2 Å². The Morgan fingerprint density at radius 1 is 1.46 bits per heavy atom. The van der Waals surface area contributed by atoms with Crippen LogP contribution in [0.5, 0.6) is 11.6 Å². The summed E-state index contributed by atoms with van der Waals surface area (Å²) < 4.78 is 19.3. The van der Waals surface area contributed by atoms with Crippen molar-refractivity contribution in [3.05, 3.63) is 29.6 Å². The lowest BCUT2D eigenvalue weighted by molar-refractivity contribution is 0.0987. The average molecular weight is 331 g/mol. The number of nitrogen functional groups attached to an aromatic ring is 1. The number of nitrogens with one attached hydrogen (secondary N) is 2. The van der Waals surface area contributed by atoms with Gasteiger partial charge in [0.1, 0.15) is 5.82 Å². The first-order chi connectivity index (χ1) is 11.4. The summed E-state index contributed by atoms with van der Waals surface area (Å²) in [4.78, 5) is 8.37. The molecule has 0 spiro atoms. The molecule has 2 aromatic rings. The predicted molar refractivity (Wildman–Crippen MR) is 87.9 cm³/mol. The molecule has 8 heteroatoms. The number of rotatable bonds is 5. The Morgan fingerprint density at radius 3 is 2.79 bits per heavy atom. The first kappa shape index (κ1) is 16.1. The van der Waals surface area contributed by atoms with E-state index in [2.05, 4.69) is 22.2 Å². The summed E-state index contributed by atoms with van der Waals surface area (Å²) in [5, 5.41) is 20.0. The Morgan fingerprint density at radius 2 is 2.21 bits per heavy atom. The van der Waals surface area contributed by atoms with Gasteiger partial charge in [-0.1, -0.05) is 6.92 Å². The van der Waals surface area contributed by atoms with Gasteiger partial charge >= 0.3 is 0 Å². The van der Waals surface area contributed by atoms with E-state index in [0.717, 1.165) is 25.4 Å². The van der Waals surface area contributed by atoms with E-state index in [4.69, 9.17) is 15.9 Å². The Bertz CT molecular complexity index is 792. The third-order valence-electron chi connectivity index (χ3n) is 3.95. The summed E-state index contributed by atoms with van der Waals surface area (Å²) in [7, 11) is 0. The maximum atomic E-state index is 13.6. The molecule has 0 bridgehead atoms. The average Bonchev–Trinajstić information content (AvgIpc) is 2.53. The van der Waals surface area contributed by atoms with E-state index < -0.39 is 11.6 Å². The van der Waals surface area contributed by atoms with Crippen molar-refractivity contribution in [1.82, 2.24) is 15.3 Å². The van der Waals surface area contributed by atoms with E-state index in [-0.39, 0.29) is 28.5 Å². The van der Waals surface area contributed by atoms with Crippen molar-refractivity contribution in [3.63, 3.8) is 0 Å². The second kappa shape index (κ2) is 6.04. The van der Waals surface area contributed by atoms with Crippen molar-refractivity contribution < 1.29 is 14.2 Å². The minimum Gasteiger partial charge on any atom is -0.505 e. The highest BCUT2D eigenvalue weighted by Crippen LogP contribution is 2.29. The van der Waals surface area contributed by atoms with Gasteiger partial charge in [-0.25, -0.2) is 9.37 Å². The van der Waals surface area contributed by atoms with Crippen LogP contribution in [0.2, 0.25) is 0 Å². The number of phenolic OH excluding ortho intramolecular Hbond substituents is 1. The number of aromatic nitrogens is 2. The Hall–Kier alpha value is -2.74. The fourth-order valence-corrected chi connectivity index (χ4v) is 2.38. The van der Waals surface area contributed by atoms with Crippen molar-refractivity contribution in [1.29, 1.82) is 5.41 Å². The minimum absolute atomic E-state index is 0.00379. The molecule has 1 aliphatic rings. The van der Waals surface area contributed by atoms with E-state index >= 15 is 0 Å². The second-order valence-corrected chi connectivity index (χ2v) is 6.16. The van der Waals surface area contributed by atoms with Gasteiger partial charge in [-0.3, -0.25) is 0 Å². The zero-order valence-corrected chi connectivity index (χ0v) is 13.1. The number of aromatic hydroxyl groups is 1. The number of hydrogen-bond acceptors (Lipinski definition) is 7. The molecule has 1 saturated heterocycles. The SMILES string of the molecule is CC1(COc2nc(-c3ccc(O)c(F)c3)nc(N)c2C=N)CNC1. The molecule has 0 saturated carbocycles. The quantitative estimate of drug-likeness (QED) is 0.618. The molecule has 2 heterocycles. The summed E-state index contributed by atoms with van der Waals surface area (Å²) in [6.07, 6.45) is 1.03. The highest BCUT2D eigenvalue weighted by atomic mass is 19.1. The maximum absolute atomic E-state index is 13.6. The van der Waals surface area contributed by atoms with Crippen molar-refractivity contribution >= 4 is 12.0 Å². The molecule has 0 atom stereocenters. The fourth-order valence-electron chi connectivity index (χ4n) is 2.38. The number of anilines is 1. The number of ether oxygens (including phenoxy) is 1. The van der Waals surface area contributed by atoms with Gasteiger partial charge in [-0.2, -0.15) is 4.98 Å². The van der Waals surface area contributed by atoms with E-state index in [9.17, 15) is 9.50 Å². The van der Waals surface area contributed by atoms with Crippen molar-refractivity contribution in [3.8, 4) is 23.0 Å². The smallest absolute Gasteiger partial charge is 0.228 e. The largest absolute Gasteiger partial charge is 0.505 e. The molecule has 1 aliphatic heterocycles. The normalized spacial score (nSPS) is 15.6. The third-order valence-corrected chi connectivity index (χ3v) is 3.95. The van der Waals surface area contributed by atoms with Crippen LogP contribution >= 0.6 is 0 Å². The molecule has 1 fully saturated rings. The summed E-state index contributed by atoms with van der Waals surface area (Å²) >= 11 is 0. The second-order valence-electron chi connectivity index (χ2n) is 6.16. The van der Waals surface area contributed by atoms with Crippen molar-refractivity contribution in [2.24, 2.45) is 5.41 Å². The minimum atomic E-state index is -0.777. The molecule has 3 rings (SSSR count). The lowest BCUT2D eigenvalue weighted by atomic mass is 9.85. The monoisotopic (exact) mass is 331 g/mol. The van der Waals surface area contributed by atoms with E-state index in [0.29, 0.717) is 12.2 Å². The maximum Gasteiger partial charge on any atom is 0.228 e. The van der Waals surface area contributed by atoms with Crippen LogP contribution in [-0.2, 0) is 0 Å². The zero-order valence-electron chi connectivity index (χ0n) is 13.1. The fraction of sp³-hybridized carbons (Fsp3) is 0.312. The first-order valence-corrected chi connectivity index (χ1v) is 7.42. The van der Waals surface area contributed by atoms with Crippen LogP contribution in [0.3, 0.4) is 0 Å². The topological polar surface area (TPSA) is 117 Å². The number of hydrogen-bond donors (Lipinski definition) is 4. The van der Waals surface area contributed by atoms with E-state index in [1.807, 2.05) is 0 Å². The molecule has 0 unspecified atom stereocenters. The van der Waals surface area contributed by atoms with Crippen LogP contribution in [-0.4, -0.2) is 41.0 Å². The summed E-state index contributed by atoms with van der Waals surface area (Å²) in [6, 6.07) is 3.82. The van der Waals surface area contributed by atoms with Gasteiger partial charge in [0.15, 0.2) is 17.4 Å². The first-order valence-electron chi connectivity index (χ1n) is 7.42. The van der Waals surface area contributed by atoms with Gasteiger partial charge in [0, 0.05) is 30.3 Å². The molecule has 0 aliphatic carbocycles. The lowest BCUT2D eigenvalue weighted by Gasteiger charge is -2.38. The standard InChI is InChI=1S/C16H18FN5O2/c1-16(6-20-7-16)8-24-15-10(5-18)13(19)21-14(22-15)9-2-3-12(23)11(17)4-9/h2-5,18,20,23H,6-8H2,1H3,(H2,19,21,22). The van der Waals surface area contributed by atoms with Crippen LogP contribution < -0.4 is 15.8 Å². The molecule has 7 nitrogen and oxygen atoms in total. The predicted octanol–water partition coefficient (Wildman–Crippen LogP) is 1.56. The van der Waals surface area contributed by atoms with E-state index in [1.165, 1.54) is 12.1 Å². The third kappa shape index (κ3) is 3.00. The Labute approximate surface area is 138 Å². The molecule has 5 N–H and O–H groups in total. The van der Waals surface area contributed by atoms with Crippen molar-refractivity contribution in [2.75, 3.05) is 25.4 Å². The van der Waals surface area contributed by atoms with E-state index in [1.54, 1.807) is 0 Å². The summed E-state index contributed by atoms with van der Waals surface area (Å²) in [5.41, 5.74) is 6.53. The Kier molecular flexibility index (Phi) is 4.06. The molecule has 24 heavy (non-hydrogen) atoms. The highest BCUT2D eigenvalue weighted by Gasteiger charge is 2.33. The number of phenols is 1. The van der Waals surface area contributed by atoms with Gasteiger partial charge in [-0.15, -0.1) is 0 Å². The summed E-state index contributed by atoms with van der Waals surface area (Å²) in [6.45, 7) is 4.17. The zero-order chi connectivity index (χ0) is 17.3. The summed E-state index contributed by atoms with van der Waals surface area (Å²) in [5.74, 6) is -0.792. The van der Waals surface area contributed by atoms with Crippen LogP contribution in [0, 0.1) is 16.6 Å². The van der Waals surface area contributed by atoms with Crippen LogP contribution in [0.15, 0.2) is 18.2 Å². The number of nitrogens with two attached hydrogens (primary N) is 1. The molecule has 1 aromatic heterocycles. The number of nitrogens with zero attached hydrogens (tertiary/aromatic N) is 2. The lowest BCUT2D eigenvalue weighted by Crippen LogP contribution is -2.54. The molecular weight excluding hydrogens is 313 g/mol. The van der Waals surface area contributed by atoms with Crippen LogP contribution in [0.25, 0.3) is 11.4 Å². The van der Waals surface area contributed by atoms with Gasteiger partial charge in [-0.05, 0) is 18.2 Å². The van der Waals surface area contributed by atoms with Crippen molar-refractivity contribution in [2.45, 2.75) is 6.92 Å². The van der Waals surface area contributed by atoms with Gasteiger partial charge < -0.3 is 26.3 Å². The van der Waals surface area contributed by atoms with Gasteiger partial charge in [0.05, 0.1) is 12.2 Å². The van der Waals surface area contributed by atoms with Gasteiger partial charge in [0.25, 0.3) is 0 Å².